The minimum Gasteiger partial charge on any atom is -0.385 e. The lowest BCUT2D eigenvalue weighted by molar-refractivity contribution is 1.26. The number of benzene rings is 1. The third kappa shape index (κ3) is 1.57. The predicted octanol–water partition coefficient (Wildman–Crippen LogP) is 1.19. The van der Waals surface area contributed by atoms with Gasteiger partial charge in [-0.2, -0.15) is 0 Å². The number of H-pyrrole nitrogens is 1. The summed E-state index contributed by atoms with van der Waals surface area (Å²) in [4.78, 5) is 3.15. The SMILES string of the molecule is Cc1cccc2[nH]c(N)c(C)c12.NN. The molecule has 76 valence electrons. The second-order valence-electron chi connectivity index (χ2n) is 3.16. The maximum atomic E-state index is 5.77. The van der Waals surface area contributed by atoms with Crippen molar-refractivity contribution in [3.63, 3.8) is 0 Å². The van der Waals surface area contributed by atoms with E-state index in [-0.39, 0.29) is 0 Å². The van der Waals surface area contributed by atoms with E-state index in [2.05, 4.69) is 29.7 Å². The van der Waals surface area contributed by atoms with Crippen LogP contribution < -0.4 is 17.4 Å². The number of aromatic amines is 1. The molecular formula is C10H16N4. The minimum atomic E-state index is 0.777. The van der Waals surface area contributed by atoms with Gasteiger partial charge in [-0.3, -0.25) is 11.7 Å². The molecule has 2 aromatic rings. The number of hydrogen-bond donors (Lipinski definition) is 4. The third-order valence-electron chi connectivity index (χ3n) is 2.32. The van der Waals surface area contributed by atoms with Crippen molar-refractivity contribution in [3.05, 3.63) is 29.3 Å². The van der Waals surface area contributed by atoms with Crippen LogP contribution in [0.3, 0.4) is 0 Å². The van der Waals surface area contributed by atoms with Crippen molar-refractivity contribution in [2.45, 2.75) is 13.8 Å². The van der Waals surface area contributed by atoms with Crippen molar-refractivity contribution in [1.82, 2.24) is 4.98 Å². The smallest absolute Gasteiger partial charge is 0.104 e. The van der Waals surface area contributed by atoms with E-state index in [1.54, 1.807) is 0 Å². The molecule has 0 aliphatic rings. The number of nitrogens with one attached hydrogen (secondary N) is 1. The van der Waals surface area contributed by atoms with E-state index in [1.165, 1.54) is 10.9 Å². The average Bonchev–Trinajstić information content (AvgIpc) is 2.47. The lowest BCUT2D eigenvalue weighted by Crippen LogP contribution is -2.02. The summed E-state index contributed by atoms with van der Waals surface area (Å²) in [6, 6.07) is 6.18. The largest absolute Gasteiger partial charge is 0.385 e. The highest BCUT2D eigenvalue weighted by molar-refractivity contribution is 5.90. The summed E-state index contributed by atoms with van der Waals surface area (Å²) < 4.78 is 0. The first kappa shape index (κ1) is 10.6. The monoisotopic (exact) mass is 192 g/mol. The van der Waals surface area contributed by atoms with Gasteiger partial charge in [0.25, 0.3) is 0 Å². The first-order chi connectivity index (χ1) is 6.70. The molecule has 0 saturated carbocycles. The maximum Gasteiger partial charge on any atom is 0.104 e. The first-order valence-corrected chi connectivity index (χ1v) is 4.37. The van der Waals surface area contributed by atoms with E-state index >= 15 is 0 Å². The van der Waals surface area contributed by atoms with Crippen molar-refractivity contribution in [2.75, 3.05) is 5.73 Å². The van der Waals surface area contributed by atoms with Crippen molar-refractivity contribution >= 4 is 16.7 Å². The Hall–Kier alpha value is -1.52. The Balaban J connectivity index is 0.000000461. The summed E-state index contributed by atoms with van der Waals surface area (Å²) in [5, 5.41) is 1.26. The highest BCUT2D eigenvalue weighted by Gasteiger charge is 2.05. The molecule has 0 radical (unpaired) electrons. The summed E-state index contributed by atoms with van der Waals surface area (Å²) >= 11 is 0. The second kappa shape index (κ2) is 4.13. The Kier molecular flexibility index (Phi) is 3.11. The maximum absolute atomic E-state index is 5.77. The lowest BCUT2D eigenvalue weighted by atomic mass is 10.1. The molecule has 7 N–H and O–H groups in total. The van der Waals surface area contributed by atoms with Gasteiger partial charge in [0.05, 0.1) is 0 Å². The van der Waals surface area contributed by atoms with Crippen molar-refractivity contribution in [2.24, 2.45) is 11.7 Å². The molecule has 0 aliphatic carbocycles. The number of fused-ring (bicyclic) bond motifs is 1. The fraction of sp³-hybridized carbons (Fsp3) is 0.200. The fourth-order valence-corrected chi connectivity index (χ4v) is 1.64. The van der Waals surface area contributed by atoms with Crippen LogP contribution >= 0.6 is 0 Å². The summed E-state index contributed by atoms with van der Waals surface area (Å²) in [6.45, 7) is 4.14. The molecule has 0 amide bonds. The molecule has 0 atom stereocenters. The number of hydrazine groups is 1. The van der Waals surface area contributed by atoms with Gasteiger partial charge in [-0.25, -0.2) is 0 Å². The average molecular weight is 192 g/mol. The number of hydrogen-bond acceptors (Lipinski definition) is 3. The van der Waals surface area contributed by atoms with Gasteiger partial charge >= 0.3 is 0 Å². The Morgan fingerprint density at radius 3 is 2.36 bits per heavy atom. The molecule has 1 aromatic carbocycles. The molecule has 0 aliphatic heterocycles. The van der Waals surface area contributed by atoms with Gasteiger partial charge < -0.3 is 10.7 Å². The van der Waals surface area contributed by atoms with Crippen LogP contribution in [0, 0.1) is 13.8 Å². The third-order valence-corrected chi connectivity index (χ3v) is 2.32. The Labute approximate surface area is 83.0 Å². The van der Waals surface area contributed by atoms with E-state index in [0.29, 0.717) is 0 Å². The van der Waals surface area contributed by atoms with E-state index in [9.17, 15) is 0 Å². The number of aryl methyl sites for hydroxylation is 2. The highest BCUT2D eigenvalue weighted by atomic mass is 15.0. The fourth-order valence-electron chi connectivity index (χ4n) is 1.64. The molecule has 0 bridgehead atoms. The van der Waals surface area contributed by atoms with E-state index < -0.39 is 0 Å². The number of anilines is 1. The first-order valence-electron chi connectivity index (χ1n) is 4.37. The van der Waals surface area contributed by atoms with Gasteiger partial charge in [0.2, 0.25) is 0 Å². The molecule has 0 spiro atoms. The van der Waals surface area contributed by atoms with Gasteiger partial charge in [-0.05, 0) is 31.0 Å². The van der Waals surface area contributed by atoms with Crippen LogP contribution in [0.15, 0.2) is 18.2 Å². The van der Waals surface area contributed by atoms with Crippen LogP contribution in [0.25, 0.3) is 10.9 Å². The van der Waals surface area contributed by atoms with Crippen LogP contribution in [0.2, 0.25) is 0 Å². The second-order valence-corrected chi connectivity index (χ2v) is 3.16. The standard InChI is InChI=1S/C10H12N2.H4N2/c1-6-4-3-5-8-9(6)7(2)10(11)12-8;1-2/h3-5,12H,11H2,1-2H3;1-2H2. The molecule has 0 fully saturated rings. The minimum absolute atomic E-state index is 0.777. The highest BCUT2D eigenvalue weighted by Crippen LogP contribution is 2.25. The molecule has 0 saturated heterocycles. The van der Waals surface area contributed by atoms with Crippen LogP contribution in [-0.2, 0) is 0 Å². The van der Waals surface area contributed by atoms with Crippen LogP contribution in [0.1, 0.15) is 11.1 Å². The van der Waals surface area contributed by atoms with Gasteiger partial charge in [0.1, 0.15) is 5.82 Å². The molecule has 14 heavy (non-hydrogen) atoms. The zero-order valence-electron chi connectivity index (χ0n) is 8.46. The lowest BCUT2D eigenvalue weighted by Gasteiger charge is -1.95. The molecule has 4 heteroatoms. The Morgan fingerprint density at radius 1 is 1.14 bits per heavy atom. The van der Waals surface area contributed by atoms with Gasteiger partial charge in [-0.15, -0.1) is 0 Å². The molecular weight excluding hydrogens is 176 g/mol. The van der Waals surface area contributed by atoms with Crippen molar-refractivity contribution in [3.8, 4) is 0 Å². The predicted molar refractivity (Wildman–Crippen MR) is 60.6 cm³/mol. The molecule has 2 rings (SSSR count). The zero-order chi connectivity index (χ0) is 10.7. The molecule has 0 unspecified atom stereocenters. The summed E-state index contributed by atoms with van der Waals surface area (Å²) in [7, 11) is 0. The normalized spacial score (nSPS) is 9.71. The Bertz CT molecular complexity index is 431. The topological polar surface area (TPSA) is 93.8 Å². The molecule has 1 aromatic heterocycles. The van der Waals surface area contributed by atoms with E-state index in [0.717, 1.165) is 16.9 Å². The number of rotatable bonds is 0. The number of nitrogens with two attached hydrogens (primary N) is 3. The Morgan fingerprint density at radius 2 is 1.79 bits per heavy atom. The number of aromatic nitrogens is 1. The van der Waals surface area contributed by atoms with Crippen molar-refractivity contribution in [1.29, 1.82) is 0 Å². The number of nitrogen functional groups attached to an aromatic ring is 1. The van der Waals surface area contributed by atoms with Gasteiger partial charge in [-0.1, -0.05) is 12.1 Å². The van der Waals surface area contributed by atoms with E-state index in [4.69, 9.17) is 5.73 Å². The van der Waals surface area contributed by atoms with Crippen LogP contribution in [-0.4, -0.2) is 4.98 Å². The summed E-state index contributed by atoms with van der Waals surface area (Å²) in [5.41, 5.74) is 9.33. The molecule has 4 nitrogen and oxygen atoms in total. The summed E-state index contributed by atoms with van der Waals surface area (Å²) in [5.74, 6) is 8.78. The van der Waals surface area contributed by atoms with E-state index in [1.807, 2.05) is 19.1 Å². The zero-order valence-corrected chi connectivity index (χ0v) is 8.46. The van der Waals surface area contributed by atoms with Gasteiger partial charge in [0, 0.05) is 10.9 Å². The summed E-state index contributed by atoms with van der Waals surface area (Å²) in [6.07, 6.45) is 0. The van der Waals surface area contributed by atoms with Crippen molar-refractivity contribution < 1.29 is 0 Å². The molecule has 1 heterocycles. The van der Waals surface area contributed by atoms with Crippen LogP contribution in [0.4, 0.5) is 5.82 Å². The quantitative estimate of drug-likeness (QED) is 0.373. The van der Waals surface area contributed by atoms with Gasteiger partial charge in [0.15, 0.2) is 0 Å². The van der Waals surface area contributed by atoms with Crippen LogP contribution in [0.5, 0.6) is 0 Å².